The van der Waals surface area contributed by atoms with Crippen LogP contribution in [0, 0.1) is 12.3 Å². The minimum absolute atomic E-state index is 0.0880. The van der Waals surface area contributed by atoms with Crippen LogP contribution in [0.3, 0.4) is 0 Å². The van der Waals surface area contributed by atoms with Crippen LogP contribution in [0.5, 0.6) is 0 Å². The fraction of sp³-hybridized carbons (Fsp3) is 0.333. The highest BCUT2D eigenvalue weighted by molar-refractivity contribution is 6.33. The molecule has 0 spiro atoms. The van der Waals surface area contributed by atoms with Crippen molar-refractivity contribution in [1.82, 2.24) is 0 Å². The molecule has 0 atom stereocenters. The highest BCUT2D eigenvalue weighted by atomic mass is 35.5. The van der Waals surface area contributed by atoms with E-state index in [4.69, 9.17) is 16.0 Å². The van der Waals surface area contributed by atoms with Crippen molar-refractivity contribution in [2.75, 3.05) is 5.32 Å². The third-order valence-electron chi connectivity index (χ3n) is 4.24. The van der Waals surface area contributed by atoms with E-state index < -0.39 is 0 Å². The first-order chi connectivity index (χ1) is 11.3. The van der Waals surface area contributed by atoms with Gasteiger partial charge in [-0.25, -0.2) is 0 Å². The Morgan fingerprint density at radius 1 is 1.33 bits per heavy atom. The lowest BCUT2D eigenvalue weighted by Crippen LogP contribution is -2.27. The van der Waals surface area contributed by atoms with Crippen molar-refractivity contribution < 1.29 is 14.4 Å². The first-order valence-electron chi connectivity index (χ1n) is 7.72. The lowest BCUT2D eigenvalue weighted by Gasteiger charge is -2.28. The molecule has 0 bridgehead atoms. The average Bonchev–Trinajstić information content (AvgIpc) is 2.84. The molecule has 126 valence electrons. The summed E-state index contributed by atoms with van der Waals surface area (Å²) in [7, 11) is 0. The molecule has 3 rings (SSSR count). The van der Waals surface area contributed by atoms with Gasteiger partial charge >= 0.3 is 0 Å². The summed E-state index contributed by atoms with van der Waals surface area (Å²) in [5.41, 5.74) is 2.41. The SMILES string of the molecule is Cc1c(C(=O)Nc2ccccc2Cl)oc2c1/C(=N/O)CC(C)(C)C2. The van der Waals surface area contributed by atoms with Gasteiger partial charge in [-0.1, -0.05) is 42.7 Å². The fourth-order valence-corrected chi connectivity index (χ4v) is 3.34. The molecule has 5 nitrogen and oxygen atoms in total. The van der Waals surface area contributed by atoms with Crippen molar-refractivity contribution in [3.63, 3.8) is 0 Å². The molecule has 1 aromatic carbocycles. The molecule has 0 aliphatic heterocycles. The Kier molecular flexibility index (Phi) is 4.13. The van der Waals surface area contributed by atoms with Gasteiger partial charge in [-0.3, -0.25) is 4.79 Å². The van der Waals surface area contributed by atoms with Gasteiger partial charge in [0.1, 0.15) is 5.76 Å². The summed E-state index contributed by atoms with van der Waals surface area (Å²) in [6, 6.07) is 7.01. The maximum Gasteiger partial charge on any atom is 0.291 e. The van der Waals surface area contributed by atoms with Gasteiger partial charge in [-0.2, -0.15) is 0 Å². The number of hydrogen-bond acceptors (Lipinski definition) is 4. The molecule has 1 aliphatic carbocycles. The molecule has 24 heavy (non-hydrogen) atoms. The largest absolute Gasteiger partial charge is 0.455 e. The number of nitrogens with zero attached hydrogens (tertiary/aromatic N) is 1. The van der Waals surface area contributed by atoms with Gasteiger partial charge in [0.25, 0.3) is 5.91 Å². The van der Waals surface area contributed by atoms with E-state index in [9.17, 15) is 10.0 Å². The Labute approximate surface area is 145 Å². The molecule has 6 heteroatoms. The van der Waals surface area contributed by atoms with E-state index in [1.54, 1.807) is 31.2 Å². The normalized spacial score (nSPS) is 17.6. The number of oxime groups is 1. The van der Waals surface area contributed by atoms with Gasteiger partial charge in [0.05, 0.1) is 16.4 Å². The number of hydrogen-bond donors (Lipinski definition) is 2. The van der Waals surface area contributed by atoms with Crippen LogP contribution in [0.1, 0.15) is 47.7 Å². The number of rotatable bonds is 2. The second-order valence-corrected chi connectivity index (χ2v) is 7.26. The highest BCUT2D eigenvalue weighted by Crippen LogP contribution is 2.39. The molecule has 1 heterocycles. The minimum atomic E-state index is -0.370. The van der Waals surface area contributed by atoms with Crippen molar-refractivity contribution in [2.24, 2.45) is 10.6 Å². The molecular weight excluding hydrogens is 328 g/mol. The summed E-state index contributed by atoms with van der Waals surface area (Å²) in [6.07, 6.45) is 1.31. The van der Waals surface area contributed by atoms with Gasteiger partial charge < -0.3 is 14.9 Å². The number of furan rings is 1. The number of amides is 1. The van der Waals surface area contributed by atoms with E-state index in [0.29, 0.717) is 40.6 Å². The predicted molar refractivity (Wildman–Crippen MR) is 93.3 cm³/mol. The van der Waals surface area contributed by atoms with Crippen molar-refractivity contribution >= 4 is 28.9 Å². The number of halogens is 1. The van der Waals surface area contributed by atoms with Crippen molar-refractivity contribution in [3.8, 4) is 0 Å². The van der Waals surface area contributed by atoms with Crippen LogP contribution >= 0.6 is 11.6 Å². The summed E-state index contributed by atoms with van der Waals surface area (Å²) in [6.45, 7) is 5.94. The third kappa shape index (κ3) is 2.91. The Morgan fingerprint density at radius 3 is 2.71 bits per heavy atom. The number of fused-ring (bicyclic) bond motifs is 1. The van der Waals surface area contributed by atoms with Gasteiger partial charge in [-0.15, -0.1) is 0 Å². The Hall–Kier alpha value is -2.27. The zero-order chi connectivity index (χ0) is 17.5. The molecule has 1 amide bonds. The molecule has 0 fully saturated rings. The van der Waals surface area contributed by atoms with Crippen molar-refractivity contribution in [3.05, 3.63) is 51.9 Å². The maximum atomic E-state index is 12.6. The van der Waals surface area contributed by atoms with Crippen molar-refractivity contribution in [2.45, 2.75) is 33.6 Å². The molecule has 0 saturated heterocycles. The molecule has 2 aromatic rings. The smallest absolute Gasteiger partial charge is 0.291 e. The van der Waals surface area contributed by atoms with E-state index in [0.717, 1.165) is 5.56 Å². The lowest BCUT2D eigenvalue weighted by molar-refractivity contribution is 0.0993. The highest BCUT2D eigenvalue weighted by Gasteiger charge is 2.36. The number of carbonyl (C=O) groups excluding carboxylic acids is 1. The summed E-state index contributed by atoms with van der Waals surface area (Å²) in [5, 5.41) is 16.0. The topological polar surface area (TPSA) is 74.8 Å². The third-order valence-corrected chi connectivity index (χ3v) is 4.57. The number of benzene rings is 1. The van der Waals surface area contributed by atoms with Crippen LogP contribution in [0.15, 0.2) is 33.8 Å². The molecular formula is C18H19ClN2O3. The predicted octanol–water partition coefficient (Wildman–Crippen LogP) is 4.64. The van der Waals surface area contributed by atoms with E-state index >= 15 is 0 Å². The summed E-state index contributed by atoms with van der Waals surface area (Å²) in [4.78, 5) is 12.6. The monoisotopic (exact) mass is 346 g/mol. The summed E-state index contributed by atoms with van der Waals surface area (Å²) in [5.74, 6) is 0.532. The van der Waals surface area contributed by atoms with Crippen LogP contribution in [-0.2, 0) is 6.42 Å². The van der Waals surface area contributed by atoms with Crippen LogP contribution in [0.2, 0.25) is 5.02 Å². The van der Waals surface area contributed by atoms with Crippen LogP contribution < -0.4 is 5.32 Å². The standard InChI is InChI=1S/C18H19ClN2O3/c1-10-15-13(21-23)8-18(2,3)9-14(15)24-16(10)17(22)20-12-7-5-4-6-11(12)19/h4-7,23H,8-9H2,1-3H3,(H,20,22)/b21-13+. The van der Waals surface area contributed by atoms with Crippen molar-refractivity contribution in [1.29, 1.82) is 0 Å². The zero-order valence-electron chi connectivity index (χ0n) is 13.8. The molecule has 0 radical (unpaired) electrons. The summed E-state index contributed by atoms with van der Waals surface area (Å²) >= 11 is 6.08. The molecule has 0 saturated carbocycles. The Morgan fingerprint density at radius 2 is 2.04 bits per heavy atom. The van der Waals surface area contributed by atoms with Crippen LogP contribution in [0.4, 0.5) is 5.69 Å². The van der Waals surface area contributed by atoms with Gasteiger partial charge in [0.15, 0.2) is 5.76 Å². The zero-order valence-corrected chi connectivity index (χ0v) is 14.6. The maximum absolute atomic E-state index is 12.6. The Bertz CT molecular complexity index is 837. The fourth-order valence-electron chi connectivity index (χ4n) is 3.16. The van der Waals surface area contributed by atoms with E-state index in [2.05, 4.69) is 24.3 Å². The van der Waals surface area contributed by atoms with E-state index in [1.807, 2.05) is 0 Å². The minimum Gasteiger partial charge on any atom is -0.455 e. The first kappa shape index (κ1) is 16.6. The second kappa shape index (κ2) is 5.98. The molecule has 1 aliphatic rings. The first-order valence-corrected chi connectivity index (χ1v) is 8.09. The Balaban J connectivity index is 1.98. The van der Waals surface area contributed by atoms with E-state index in [-0.39, 0.29) is 17.1 Å². The van der Waals surface area contributed by atoms with Gasteiger partial charge in [0.2, 0.25) is 0 Å². The summed E-state index contributed by atoms with van der Waals surface area (Å²) < 4.78 is 5.83. The number of para-hydroxylation sites is 1. The quantitative estimate of drug-likeness (QED) is 0.614. The number of nitrogens with one attached hydrogen (secondary N) is 1. The average molecular weight is 347 g/mol. The number of carbonyl (C=O) groups is 1. The second-order valence-electron chi connectivity index (χ2n) is 6.85. The van der Waals surface area contributed by atoms with Crippen LogP contribution in [-0.4, -0.2) is 16.8 Å². The van der Waals surface area contributed by atoms with Gasteiger partial charge in [-0.05, 0) is 30.9 Å². The van der Waals surface area contributed by atoms with Gasteiger partial charge in [0, 0.05) is 17.5 Å². The lowest BCUT2D eigenvalue weighted by atomic mass is 9.75. The molecule has 0 unspecified atom stereocenters. The van der Waals surface area contributed by atoms with E-state index in [1.165, 1.54) is 0 Å². The van der Waals surface area contributed by atoms with Crippen LogP contribution in [0.25, 0.3) is 0 Å². The molecule has 1 aromatic heterocycles. The molecule has 2 N–H and O–H groups in total. The number of anilines is 1.